The molecule has 1 aromatic heterocycles. The summed E-state index contributed by atoms with van der Waals surface area (Å²) in [7, 11) is 3.51. The Bertz CT molecular complexity index is 549. The molecule has 0 saturated carbocycles. The Balaban J connectivity index is 2.15. The number of nitrogens with zero attached hydrogens (tertiary/aromatic N) is 2. The van der Waals surface area contributed by atoms with Gasteiger partial charge in [-0.25, -0.2) is 0 Å². The Morgan fingerprint density at radius 1 is 1.37 bits per heavy atom. The number of aliphatic hydroxyl groups is 1. The summed E-state index contributed by atoms with van der Waals surface area (Å²) in [6, 6.07) is 9.73. The highest BCUT2D eigenvalue weighted by Gasteiger charge is 2.14. The molecule has 1 aromatic carbocycles. The van der Waals surface area contributed by atoms with E-state index in [4.69, 9.17) is 4.74 Å². The maximum absolute atomic E-state index is 10.3. The van der Waals surface area contributed by atoms with Crippen LogP contribution in [-0.2, 0) is 19.9 Å². The molecule has 4 heteroatoms. The van der Waals surface area contributed by atoms with Crippen molar-refractivity contribution in [3.05, 3.63) is 47.3 Å². The number of rotatable bonds is 5. The first-order valence-corrected chi connectivity index (χ1v) is 6.47. The number of hydrogen-bond acceptors (Lipinski definition) is 3. The monoisotopic (exact) mass is 260 g/mol. The van der Waals surface area contributed by atoms with E-state index in [2.05, 4.69) is 12.0 Å². The number of benzene rings is 1. The summed E-state index contributed by atoms with van der Waals surface area (Å²) in [6.07, 6.45) is 0.879. The van der Waals surface area contributed by atoms with Gasteiger partial charge in [-0.15, -0.1) is 0 Å². The van der Waals surface area contributed by atoms with E-state index in [9.17, 15) is 5.11 Å². The van der Waals surface area contributed by atoms with Crippen LogP contribution in [0.2, 0.25) is 0 Å². The molecular weight excluding hydrogens is 240 g/mol. The molecule has 102 valence electrons. The van der Waals surface area contributed by atoms with Gasteiger partial charge in [-0.1, -0.05) is 19.1 Å². The minimum absolute atomic E-state index is 0.551. The van der Waals surface area contributed by atoms with Crippen LogP contribution >= 0.6 is 0 Å². The van der Waals surface area contributed by atoms with Crippen LogP contribution in [0.3, 0.4) is 0 Å². The van der Waals surface area contributed by atoms with Crippen molar-refractivity contribution in [1.82, 2.24) is 9.78 Å². The third kappa shape index (κ3) is 3.15. The van der Waals surface area contributed by atoms with E-state index in [-0.39, 0.29) is 0 Å². The van der Waals surface area contributed by atoms with Gasteiger partial charge in [0, 0.05) is 13.5 Å². The summed E-state index contributed by atoms with van der Waals surface area (Å²) in [5.74, 6) is 0.809. The van der Waals surface area contributed by atoms with E-state index < -0.39 is 6.10 Å². The Hall–Kier alpha value is -1.81. The van der Waals surface area contributed by atoms with Gasteiger partial charge in [-0.3, -0.25) is 4.68 Å². The highest BCUT2D eigenvalue weighted by Crippen LogP contribution is 2.21. The number of aryl methyl sites for hydroxylation is 2. The number of methoxy groups -OCH3 is 1. The average Bonchev–Trinajstić information content (AvgIpc) is 2.80. The fraction of sp³-hybridized carbons (Fsp3) is 0.400. The van der Waals surface area contributed by atoms with Gasteiger partial charge in [0.05, 0.1) is 24.6 Å². The normalized spacial score (nSPS) is 12.4. The summed E-state index contributed by atoms with van der Waals surface area (Å²) < 4.78 is 6.94. The van der Waals surface area contributed by atoms with Crippen LogP contribution in [0, 0.1) is 0 Å². The molecule has 4 nitrogen and oxygen atoms in total. The molecule has 0 aliphatic rings. The first kappa shape index (κ1) is 13.6. The summed E-state index contributed by atoms with van der Waals surface area (Å²) in [4.78, 5) is 0. The van der Waals surface area contributed by atoms with E-state index in [1.54, 1.807) is 11.8 Å². The lowest BCUT2D eigenvalue weighted by Crippen LogP contribution is -2.08. The summed E-state index contributed by atoms with van der Waals surface area (Å²) >= 11 is 0. The van der Waals surface area contributed by atoms with Gasteiger partial charge in [-0.2, -0.15) is 5.10 Å². The van der Waals surface area contributed by atoms with E-state index in [1.165, 1.54) is 0 Å². The molecule has 0 bridgehead atoms. The van der Waals surface area contributed by atoms with Crippen molar-refractivity contribution in [2.24, 2.45) is 7.05 Å². The fourth-order valence-electron chi connectivity index (χ4n) is 2.16. The van der Waals surface area contributed by atoms with Gasteiger partial charge in [0.15, 0.2) is 0 Å². The van der Waals surface area contributed by atoms with Gasteiger partial charge >= 0.3 is 0 Å². The summed E-state index contributed by atoms with van der Waals surface area (Å²) in [5.41, 5.74) is 2.90. The van der Waals surface area contributed by atoms with Crippen LogP contribution in [0.25, 0.3) is 0 Å². The lowest BCUT2D eigenvalue weighted by atomic mass is 10.0. The second-order valence-electron chi connectivity index (χ2n) is 4.61. The maximum atomic E-state index is 10.3. The predicted molar refractivity (Wildman–Crippen MR) is 74.2 cm³/mol. The van der Waals surface area contributed by atoms with E-state index in [0.29, 0.717) is 6.42 Å². The summed E-state index contributed by atoms with van der Waals surface area (Å²) in [5, 5.41) is 14.7. The molecule has 1 atom stereocenters. The number of aliphatic hydroxyl groups excluding tert-OH is 1. The molecule has 0 radical (unpaired) electrons. The maximum Gasteiger partial charge on any atom is 0.119 e. The summed E-state index contributed by atoms with van der Waals surface area (Å²) in [6.45, 7) is 2.06. The van der Waals surface area contributed by atoms with Crippen LogP contribution in [-0.4, -0.2) is 22.0 Å². The third-order valence-corrected chi connectivity index (χ3v) is 3.23. The Morgan fingerprint density at radius 2 is 2.16 bits per heavy atom. The third-order valence-electron chi connectivity index (χ3n) is 3.23. The molecular formula is C15H20N2O2. The highest BCUT2D eigenvalue weighted by atomic mass is 16.5. The highest BCUT2D eigenvalue weighted by molar-refractivity contribution is 5.29. The van der Waals surface area contributed by atoms with Crippen LogP contribution in [0.1, 0.15) is 30.0 Å². The van der Waals surface area contributed by atoms with Crippen molar-refractivity contribution < 1.29 is 9.84 Å². The van der Waals surface area contributed by atoms with Gasteiger partial charge in [0.2, 0.25) is 0 Å². The zero-order chi connectivity index (χ0) is 13.8. The van der Waals surface area contributed by atoms with Gasteiger partial charge < -0.3 is 9.84 Å². The molecule has 2 rings (SSSR count). The second kappa shape index (κ2) is 5.89. The molecule has 0 saturated heterocycles. The van der Waals surface area contributed by atoms with E-state index in [1.807, 2.05) is 37.4 Å². The van der Waals surface area contributed by atoms with Crippen molar-refractivity contribution in [3.63, 3.8) is 0 Å². The lowest BCUT2D eigenvalue weighted by Gasteiger charge is -2.11. The molecule has 0 amide bonds. The predicted octanol–water partition coefficient (Wildman–Crippen LogP) is 2.27. The number of hydrogen-bond donors (Lipinski definition) is 1. The molecule has 0 fully saturated rings. The molecule has 0 spiro atoms. The molecule has 2 aromatic rings. The molecule has 19 heavy (non-hydrogen) atoms. The van der Waals surface area contributed by atoms with Crippen molar-refractivity contribution in [3.8, 4) is 5.75 Å². The number of ether oxygens (including phenoxy) is 1. The van der Waals surface area contributed by atoms with Crippen molar-refractivity contribution in [2.45, 2.75) is 25.9 Å². The Morgan fingerprint density at radius 3 is 2.79 bits per heavy atom. The molecule has 0 aliphatic heterocycles. The molecule has 1 heterocycles. The first-order valence-electron chi connectivity index (χ1n) is 6.47. The largest absolute Gasteiger partial charge is 0.497 e. The van der Waals surface area contributed by atoms with Crippen LogP contribution in [0.4, 0.5) is 0 Å². The van der Waals surface area contributed by atoms with Crippen molar-refractivity contribution in [1.29, 1.82) is 0 Å². The fourth-order valence-corrected chi connectivity index (χ4v) is 2.16. The minimum atomic E-state index is -0.551. The van der Waals surface area contributed by atoms with Crippen LogP contribution in [0.5, 0.6) is 5.75 Å². The second-order valence-corrected chi connectivity index (χ2v) is 4.61. The van der Waals surface area contributed by atoms with Gasteiger partial charge in [0.25, 0.3) is 0 Å². The molecule has 0 aliphatic carbocycles. The zero-order valence-corrected chi connectivity index (χ0v) is 11.6. The van der Waals surface area contributed by atoms with Crippen molar-refractivity contribution >= 4 is 0 Å². The van der Waals surface area contributed by atoms with Crippen LogP contribution < -0.4 is 4.74 Å². The Kier molecular flexibility index (Phi) is 4.22. The van der Waals surface area contributed by atoms with E-state index in [0.717, 1.165) is 29.1 Å². The topological polar surface area (TPSA) is 47.3 Å². The lowest BCUT2D eigenvalue weighted by molar-refractivity contribution is 0.168. The smallest absolute Gasteiger partial charge is 0.119 e. The SMILES string of the molecule is CCc1cc(C(O)Cc2cccc(OC)c2)n(C)n1. The number of aromatic nitrogens is 2. The van der Waals surface area contributed by atoms with E-state index >= 15 is 0 Å². The van der Waals surface area contributed by atoms with Gasteiger partial charge in [-0.05, 0) is 30.2 Å². The zero-order valence-electron chi connectivity index (χ0n) is 11.6. The Labute approximate surface area is 113 Å². The van der Waals surface area contributed by atoms with Crippen LogP contribution in [0.15, 0.2) is 30.3 Å². The molecule has 1 unspecified atom stereocenters. The standard InChI is InChI=1S/C15H20N2O2/c1-4-12-10-14(17(2)16-12)15(18)9-11-6-5-7-13(8-11)19-3/h5-8,10,15,18H,4,9H2,1-3H3. The molecule has 1 N–H and O–H groups in total. The minimum Gasteiger partial charge on any atom is -0.497 e. The van der Waals surface area contributed by atoms with Crippen molar-refractivity contribution in [2.75, 3.05) is 7.11 Å². The van der Waals surface area contributed by atoms with Gasteiger partial charge in [0.1, 0.15) is 5.75 Å². The first-order chi connectivity index (χ1) is 9.13. The quantitative estimate of drug-likeness (QED) is 0.897. The average molecular weight is 260 g/mol.